The zero-order valence-electron chi connectivity index (χ0n) is 12.9. The Morgan fingerprint density at radius 3 is 2.45 bits per heavy atom. The van der Waals surface area contributed by atoms with Crippen molar-refractivity contribution >= 4 is 11.3 Å². The van der Waals surface area contributed by atoms with E-state index < -0.39 is 0 Å². The SMILES string of the molecule is CCCNCc1sc(Cc2cc(C)cc(C)c2)nc1C. The summed E-state index contributed by atoms with van der Waals surface area (Å²) in [4.78, 5) is 6.10. The first-order chi connectivity index (χ1) is 9.58. The van der Waals surface area contributed by atoms with E-state index in [0.717, 1.165) is 19.5 Å². The van der Waals surface area contributed by atoms with Crippen LogP contribution >= 0.6 is 11.3 Å². The van der Waals surface area contributed by atoms with Gasteiger partial charge in [-0.1, -0.05) is 36.2 Å². The zero-order chi connectivity index (χ0) is 14.5. The number of thiazole rings is 1. The van der Waals surface area contributed by atoms with Crippen molar-refractivity contribution in [3.8, 4) is 0 Å². The molecule has 0 aliphatic carbocycles. The predicted octanol–water partition coefficient (Wildman–Crippen LogP) is 4.16. The van der Waals surface area contributed by atoms with Gasteiger partial charge in [-0.15, -0.1) is 11.3 Å². The highest BCUT2D eigenvalue weighted by atomic mass is 32.1. The summed E-state index contributed by atoms with van der Waals surface area (Å²) < 4.78 is 0. The number of nitrogens with zero attached hydrogens (tertiary/aromatic N) is 1. The quantitative estimate of drug-likeness (QED) is 0.807. The average Bonchev–Trinajstić information content (AvgIpc) is 2.68. The van der Waals surface area contributed by atoms with Crippen LogP contribution in [0.25, 0.3) is 0 Å². The molecule has 20 heavy (non-hydrogen) atoms. The van der Waals surface area contributed by atoms with Gasteiger partial charge in [0.25, 0.3) is 0 Å². The second kappa shape index (κ2) is 7.00. The van der Waals surface area contributed by atoms with Gasteiger partial charge in [-0.25, -0.2) is 4.98 Å². The Kier molecular flexibility index (Phi) is 5.32. The molecule has 0 bridgehead atoms. The van der Waals surface area contributed by atoms with E-state index in [2.05, 4.69) is 51.2 Å². The van der Waals surface area contributed by atoms with Crippen LogP contribution in [-0.4, -0.2) is 11.5 Å². The van der Waals surface area contributed by atoms with E-state index in [9.17, 15) is 0 Å². The Morgan fingerprint density at radius 2 is 1.80 bits per heavy atom. The minimum absolute atomic E-state index is 0.946. The molecule has 0 unspecified atom stereocenters. The monoisotopic (exact) mass is 288 g/mol. The molecule has 1 aromatic heterocycles. The van der Waals surface area contributed by atoms with E-state index in [4.69, 9.17) is 4.98 Å². The van der Waals surface area contributed by atoms with Gasteiger partial charge >= 0.3 is 0 Å². The van der Waals surface area contributed by atoms with Gasteiger partial charge in [-0.3, -0.25) is 0 Å². The minimum atomic E-state index is 0.946. The molecule has 0 radical (unpaired) electrons. The molecule has 1 aromatic carbocycles. The molecule has 108 valence electrons. The number of hydrogen-bond acceptors (Lipinski definition) is 3. The summed E-state index contributed by atoms with van der Waals surface area (Å²) in [5.74, 6) is 0. The number of aryl methyl sites for hydroxylation is 3. The first-order valence-corrected chi connectivity index (χ1v) is 8.13. The Balaban J connectivity index is 2.07. The third-order valence-electron chi connectivity index (χ3n) is 3.29. The van der Waals surface area contributed by atoms with Crippen LogP contribution in [0.3, 0.4) is 0 Å². The van der Waals surface area contributed by atoms with Crippen molar-refractivity contribution in [1.29, 1.82) is 0 Å². The van der Waals surface area contributed by atoms with Crippen LogP contribution in [0.15, 0.2) is 18.2 Å². The van der Waals surface area contributed by atoms with E-state index in [1.807, 2.05) is 11.3 Å². The maximum Gasteiger partial charge on any atom is 0.0975 e. The number of hydrogen-bond donors (Lipinski definition) is 1. The lowest BCUT2D eigenvalue weighted by Gasteiger charge is -2.02. The lowest BCUT2D eigenvalue weighted by atomic mass is 10.1. The van der Waals surface area contributed by atoms with Crippen molar-refractivity contribution in [2.75, 3.05) is 6.54 Å². The van der Waals surface area contributed by atoms with Crippen molar-refractivity contribution in [3.05, 3.63) is 50.5 Å². The van der Waals surface area contributed by atoms with E-state index >= 15 is 0 Å². The first-order valence-electron chi connectivity index (χ1n) is 7.31. The molecular formula is C17H24N2S. The maximum atomic E-state index is 4.72. The first kappa shape index (κ1) is 15.2. The summed E-state index contributed by atoms with van der Waals surface area (Å²) in [6, 6.07) is 6.74. The molecule has 0 aliphatic heterocycles. The normalized spacial score (nSPS) is 11.0. The summed E-state index contributed by atoms with van der Waals surface area (Å²) in [6.45, 7) is 10.6. The van der Waals surface area contributed by atoms with Crippen LogP contribution in [0.1, 0.15) is 45.6 Å². The molecule has 2 nitrogen and oxygen atoms in total. The summed E-state index contributed by atoms with van der Waals surface area (Å²) in [5.41, 5.74) is 5.21. The van der Waals surface area contributed by atoms with Crippen molar-refractivity contribution in [3.63, 3.8) is 0 Å². The Hall–Kier alpha value is -1.19. The molecule has 0 atom stereocenters. The topological polar surface area (TPSA) is 24.9 Å². The second-order valence-electron chi connectivity index (χ2n) is 5.47. The lowest BCUT2D eigenvalue weighted by molar-refractivity contribution is 0.678. The third-order valence-corrected chi connectivity index (χ3v) is 4.44. The summed E-state index contributed by atoms with van der Waals surface area (Å²) in [5, 5.41) is 4.68. The van der Waals surface area contributed by atoms with E-state index in [0.29, 0.717) is 0 Å². The van der Waals surface area contributed by atoms with Crippen LogP contribution in [0.5, 0.6) is 0 Å². The minimum Gasteiger partial charge on any atom is -0.312 e. The molecule has 0 fully saturated rings. The Bertz CT molecular complexity index is 552. The number of rotatable bonds is 6. The molecule has 0 aliphatic rings. The van der Waals surface area contributed by atoms with Crippen molar-refractivity contribution < 1.29 is 0 Å². The average molecular weight is 288 g/mol. The highest BCUT2D eigenvalue weighted by molar-refractivity contribution is 7.11. The summed E-state index contributed by atoms with van der Waals surface area (Å²) in [6.07, 6.45) is 2.12. The standard InChI is InChI=1S/C17H24N2S/c1-5-6-18-11-16-14(4)19-17(20-16)10-15-8-12(2)7-13(3)9-15/h7-9,18H,5-6,10-11H2,1-4H3. The number of aromatic nitrogens is 1. The van der Waals surface area contributed by atoms with Gasteiger partial charge in [0.05, 0.1) is 10.7 Å². The lowest BCUT2D eigenvalue weighted by Crippen LogP contribution is -2.13. The number of nitrogens with one attached hydrogen (secondary N) is 1. The van der Waals surface area contributed by atoms with Gasteiger partial charge in [0.2, 0.25) is 0 Å². The second-order valence-corrected chi connectivity index (χ2v) is 6.63. The Labute approximate surface area is 126 Å². The van der Waals surface area contributed by atoms with Crippen LogP contribution < -0.4 is 5.32 Å². The fourth-order valence-corrected chi connectivity index (χ4v) is 3.53. The van der Waals surface area contributed by atoms with Gasteiger partial charge in [-0.05, 0) is 39.3 Å². The van der Waals surface area contributed by atoms with E-state index in [-0.39, 0.29) is 0 Å². The molecule has 2 aromatic rings. The highest BCUT2D eigenvalue weighted by Gasteiger charge is 2.08. The van der Waals surface area contributed by atoms with Gasteiger partial charge < -0.3 is 5.32 Å². The van der Waals surface area contributed by atoms with Crippen molar-refractivity contribution in [2.24, 2.45) is 0 Å². The fraction of sp³-hybridized carbons (Fsp3) is 0.471. The van der Waals surface area contributed by atoms with Crippen LogP contribution in [0.2, 0.25) is 0 Å². The highest BCUT2D eigenvalue weighted by Crippen LogP contribution is 2.21. The van der Waals surface area contributed by atoms with Gasteiger partial charge in [0.15, 0.2) is 0 Å². The van der Waals surface area contributed by atoms with Gasteiger partial charge in [-0.2, -0.15) is 0 Å². The molecule has 0 saturated carbocycles. The van der Waals surface area contributed by atoms with E-state index in [1.54, 1.807) is 0 Å². The maximum absolute atomic E-state index is 4.72. The predicted molar refractivity (Wildman–Crippen MR) is 87.6 cm³/mol. The van der Waals surface area contributed by atoms with Crippen molar-refractivity contribution in [2.45, 2.75) is 47.1 Å². The molecule has 0 saturated heterocycles. The molecule has 0 amide bonds. The van der Waals surface area contributed by atoms with Crippen LogP contribution in [0, 0.1) is 20.8 Å². The van der Waals surface area contributed by atoms with Gasteiger partial charge in [0, 0.05) is 17.8 Å². The van der Waals surface area contributed by atoms with Crippen LogP contribution in [0.4, 0.5) is 0 Å². The third kappa shape index (κ3) is 4.15. The van der Waals surface area contributed by atoms with E-state index in [1.165, 1.54) is 38.7 Å². The summed E-state index contributed by atoms with van der Waals surface area (Å²) >= 11 is 1.84. The summed E-state index contributed by atoms with van der Waals surface area (Å²) in [7, 11) is 0. The zero-order valence-corrected chi connectivity index (χ0v) is 13.7. The Morgan fingerprint density at radius 1 is 1.10 bits per heavy atom. The van der Waals surface area contributed by atoms with Gasteiger partial charge in [0.1, 0.15) is 0 Å². The molecule has 1 N–H and O–H groups in total. The molecule has 0 spiro atoms. The molecule has 3 heteroatoms. The smallest absolute Gasteiger partial charge is 0.0975 e. The largest absolute Gasteiger partial charge is 0.312 e. The molecule has 2 rings (SSSR count). The number of benzene rings is 1. The molecular weight excluding hydrogens is 264 g/mol. The fourth-order valence-electron chi connectivity index (χ4n) is 2.45. The molecule has 1 heterocycles. The van der Waals surface area contributed by atoms with Crippen LogP contribution in [-0.2, 0) is 13.0 Å². The van der Waals surface area contributed by atoms with Crippen molar-refractivity contribution in [1.82, 2.24) is 10.3 Å².